The molecule has 1 heterocycles. The van der Waals surface area contributed by atoms with E-state index in [9.17, 15) is 14.0 Å². The first-order valence-corrected chi connectivity index (χ1v) is 8.95. The molecule has 3 rings (SSSR count). The van der Waals surface area contributed by atoms with E-state index in [0.29, 0.717) is 17.9 Å². The fraction of sp³-hybridized carbons (Fsp3) is 0.190. The summed E-state index contributed by atoms with van der Waals surface area (Å²) in [6.45, 7) is 1.76. The SMILES string of the molecule is COc1ccc(CNC(=O)Cn2c(Nc3cccc(F)c3)nc(C)cc2=O)cc1. The molecule has 0 saturated heterocycles. The molecule has 8 heteroatoms. The predicted molar refractivity (Wildman–Crippen MR) is 108 cm³/mol. The Morgan fingerprint density at radius 3 is 2.62 bits per heavy atom. The van der Waals surface area contributed by atoms with Gasteiger partial charge >= 0.3 is 0 Å². The van der Waals surface area contributed by atoms with Crippen LogP contribution in [-0.2, 0) is 17.9 Å². The van der Waals surface area contributed by atoms with Crippen molar-refractivity contribution >= 4 is 17.5 Å². The molecule has 0 aliphatic carbocycles. The van der Waals surface area contributed by atoms with Crippen LogP contribution in [0.2, 0.25) is 0 Å². The second-order valence-corrected chi connectivity index (χ2v) is 6.41. The van der Waals surface area contributed by atoms with Gasteiger partial charge in [-0.2, -0.15) is 0 Å². The Balaban J connectivity index is 1.73. The lowest BCUT2D eigenvalue weighted by atomic mass is 10.2. The van der Waals surface area contributed by atoms with E-state index in [1.807, 2.05) is 12.1 Å². The first-order valence-electron chi connectivity index (χ1n) is 8.95. The number of halogens is 1. The lowest BCUT2D eigenvalue weighted by Gasteiger charge is -2.14. The number of carbonyl (C=O) groups is 1. The van der Waals surface area contributed by atoms with E-state index in [1.165, 1.54) is 28.8 Å². The lowest BCUT2D eigenvalue weighted by molar-refractivity contribution is -0.121. The van der Waals surface area contributed by atoms with Crippen LogP contribution in [0, 0.1) is 12.7 Å². The number of benzene rings is 2. The molecule has 0 bridgehead atoms. The number of rotatable bonds is 7. The predicted octanol–water partition coefficient (Wildman–Crippen LogP) is 2.76. The molecule has 0 aliphatic heterocycles. The van der Waals surface area contributed by atoms with E-state index in [2.05, 4.69) is 15.6 Å². The summed E-state index contributed by atoms with van der Waals surface area (Å²) in [5.74, 6) is 0.121. The van der Waals surface area contributed by atoms with E-state index in [-0.39, 0.29) is 24.0 Å². The van der Waals surface area contributed by atoms with Crippen LogP contribution in [0.25, 0.3) is 0 Å². The van der Waals surface area contributed by atoms with Crippen LogP contribution in [0.3, 0.4) is 0 Å². The largest absolute Gasteiger partial charge is 0.497 e. The summed E-state index contributed by atoms with van der Waals surface area (Å²) in [5, 5.41) is 5.68. The van der Waals surface area contributed by atoms with Gasteiger partial charge in [0.2, 0.25) is 11.9 Å². The monoisotopic (exact) mass is 396 g/mol. The summed E-state index contributed by atoms with van der Waals surface area (Å²) in [6.07, 6.45) is 0. The Hall–Kier alpha value is -3.68. The minimum atomic E-state index is -0.422. The molecule has 0 unspecified atom stereocenters. The van der Waals surface area contributed by atoms with E-state index in [1.54, 1.807) is 32.2 Å². The number of hydrogen-bond donors (Lipinski definition) is 2. The molecule has 0 aliphatic rings. The molecule has 2 N–H and O–H groups in total. The van der Waals surface area contributed by atoms with Crippen LogP contribution in [0.1, 0.15) is 11.3 Å². The molecule has 1 aromatic heterocycles. The standard InChI is InChI=1S/C21H21FN4O3/c1-14-10-20(28)26(21(24-14)25-17-5-3-4-16(22)11-17)13-19(27)23-12-15-6-8-18(29-2)9-7-15/h3-11H,12-13H2,1-2H3,(H,23,27)(H,24,25). The highest BCUT2D eigenvalue weighted by Crippen LogP contribution is 2.15. The van der Waals surface area contributed by atoms with Gasteiger partial charge in [0.25, 0.3) is 5.56 Å². The topological polar surface area (TPSA) is 85.2 Å². The first-order chi connectivity index (χ1) is 13.9. The van der Waals surface area contributed by atoms with Crippen LogP contribution in [0.5, 0.6) is 5.75 Å². The van der Waals surface area contributed by atoms with Crippen molar-refractivity contribution in [3.63, 3.8) is 0 Å². The molecule has 3 aromatic rings. The molecule has 0 radical (unpaired) electrons. The minimum Gasteiger partial charge on any atom is -0.497 e. The van der Waals surface area contributed by atoms with Gasteiger partial charge in [-0.3, -0.25) is 14.2 Å². The summed E-state index contributed by atoms with van der Waals surface area (Å²) in [4.78, 5) is 29.1. The van der Waals surface area contributed by atoms with Crippen LogP contribution < -0.4 is 20.9 Å². The lowest BCUT2D eigenvalue weighted by Crippen LogP contribution is -2.33. The second-order valence-electron chi connectivity index (χ2n) is 6.41. The number of aromatic nitrogens is 2. The number of nitrogens with zero attached hydrogens (tertiary/aromatic N) is 2. The molecule has 0 spiro atoms. The Labute approximate surface area is 167 Å². The van der Waals surface area contributed by atoms with Crippen molar-refractivity contribution in [3.05, 3.63) is 82.0 Å². The zero-order valence-corrected chi connectivity index (χ0v) is 16.1. The van der Waals surface area contributed by atoms with Gasteiger partial charge in [-0.25, -0.2) is 9.37 Å². The minimum absolute atomic E-state index is 0.167. The number of carbonyl (C=O) groups excluding carboxylic acids is 1. The van der Waals surface area contributed by atoms with Crippen LogP contribution in [0.4, 0.5) is 16.0 Å². The van der Waals surface area contributed by atoms with E-state index in [0.717, 1.165) is 11.3 Å². The number of amides is 1. The highest BCUT2D eigenvalue weighted by atomic mass is 19.1. The fourth-order valence-corrected chi connectivity index (χ4v) is 2.71. The quantitative estimate of drug-likeness (QED) is 0.642. The molecule has 1 amide bonds. The first kappa shape index (κ1) is 20.1. The third-order valence-electron chi connectivity index (χ3n) is 4.17. The number of ether oxygens (including phenoxy) is 1. The van der Waals surface area contributed by atoms with Gasteiger partial charge in [0.1, 0.15) is 18.1 Å². The molecule has 0 fully saturated rings. The second kappa shape index (κ2) is 9.01. The van der Waals surface area contributed by atoms with Crippen molar-refractivity contribution in [1.29, 1.82) is 0 Å². The van der Waals surface area contributed by atoms with Gasteiger partial charge in [-0.1, -0.05) is 18.2 Å². The smallest absolute Gasteiger partial charge is 0.255 e. The molecular weight excluding hydrogens is 375 g/mol. The number of aryl methyl sites for hydroxylation is 1. The molecule has 29 heavy (non-hydrogen) atoms. The van der Waals surface area contributed by atoms with Gasteiger partial charge in [-0.15, -0.1) is 0 Å². The van der Waals surface area contributed by atoms with Gasteiger partial charge in [0, 0.05) is 24.0 Å². The van der Waals surface area contributed by atoms with Crippen molar-refractivity contribution < 1.29 is 13.9 Å². The number of anilines is 2. The highest BCUT2D eigenvalue weighted by molar-refractivity contribution is 5.76. The van der Waals surface area contributed by atoms with E-state index < -0.39 is 5.82 Å². The van der Waals surface area contributed by atoms with Gasteiger partial charge in [0.05, 0.1) is 7.11 Å². The third-order valence-corrected chi connectivity index (χ3v) is 4.17. The summed E-state index contributed by atoms with van der Waals surface area (Å²) in [7, 11) is 1.58. The highest BCUT2D eigenvalue weighted by Gasteiger charge is 2.12. The Morgan fingerprint density at radius 2 is 1.93 bits per heavy atom. The molecule has 7 nitrogen and oxygen atoms in total. The molecule has 150 valence electrons. The summed E-state index contributed by atoms with van der Waals surface area (Å²) >= 11 is 0. The van der Waals surface area contributed by atoms with E-state index >= 15 is 0 Å². The zero-order chi connectivity index (χ0) is 20.8. The third kappa shape index (κ3) is 5.41. The van der Waals surface area contributed by atoms with Crippen molar-refractivity contribution in [2.45, 2.75) is 20.0 Å². The maximum absolute atomic E-state index is 13.4. The number of methoxy groups -OCH3 is 1. The summed E-state index contributed by atoms with van der Waals surface area (Å²) < 4.78 is 19.8. The van der Waals surface area contributed by atoms with Crippen LogP contribution in [0.15, 0.2) is 59.4 Å². The molecular formula is C21H21FN4O3. The molecule has 0 saturated carbocycles. The zero-order valence-electron chi connectivity index (χ0n) is 16.1. The van der Waals surface area contributed by atoms with Crippen molar-refractivity contribution in [2.24, 2.45) is 0 Å². The van der Waals surface area contributed by atoms with Gasteiger partial charge in [-0.05, 0) is 42.8 Å². The van der Waals surface area contributed by atoms with Crippen molar-refractivity contribution in [1.82, 2.24) is 14.9 Å². The number of nitrogens with one attached hydrogen (secondary N) is 2. The summed E-state index contributed by atoms with van der Waals surface area (Å²) in [6, 6.07) is 14.4. The Kier molecular flexibility index (Phi) is 6.23. The number of hydrogen-bond acceptors (Lipinski definition) is 5. The van der Waals surface area contributed by atoms with Crippen molar-refractivity contribution in [2.75, 3.05) is 12.4 Å². The summed E-state index contributed by atoms with van der Waals surface area (Å²) in [5.41, 5.74) is 1.43. The van der Waals surface area contributed by atoms with Gasteiger partial charge < -0.3 is 15.4 Å². The Bertz CT molecular complexity index is 1060. The average molecular weight is 396 g/mol. The maximum Gasteiger partial charge on any atom is 0.255 e. The Morgan fingerprint density at radius 1 is 1.17 bits per heavy atom. The maximum atomic E-state index is 13.4. The fourth-order valence-electron chi connectivity index (χ4n) is 2.71. The van der Waals surface area contributed by atoms with Crippen LogP contribution >= 0.6 is 0 Å². The van der Waals surface area contributed by atoms with Gasteiger partial charge in [0.15, 0.2) is 0 Å². The normalized spacial score (nSPS) is 10.4. The van der Waals surface area contributed by atoms with E-state index in [4.69, 9.17) is 4.74 Å². The van der Waals surface area contributed by atoms with Crippen LogP contribution in [-0.4, -0.2) is 22.6 Å². The molecule has 0 atom stereocenters. The average Bonchev–Trinajstić information content (AvgIpc) is 2.69. The van der Waals surface area contributed by atoms with Crippen molar-refractivity contribution in [3.8, 4) is 5.75 Å². The molecule has 2 aromatic carbocycles.